The Kier molecular flexibility index (Phi) is 7.18. The summed E-state index contributed by atoms with van der Waals surface area (Å²) in [5, 5.41) is 0. The summed E-state index contributed by atoms with van der Waals surface area (Å²) < 4.78 is 36.9. The van der Waals surface area contributed by atoms with Gasteiger partial charge in [-0.15, -0.1) is 8.78 Å². The van der Waals surface area contributed by atoms with E-state index in [4.69, 9.17) is 4.74 Å². The van der Waals surface area contributed by atoms with Crippen LogP contribution < -0.4 is 9.47 Å². The predicted octanol–water partition coefficient (Wildman–Crippen LogP) is 6.63. The van der Waals surface area contributed by atoms with Gasteiger partial charge in [0.25, 0.3) is 0 Å². The lowest BCUT2D eigenvalue weighted by Gasteiger charge is -2.49. The van der Waals surface area contributed by atoms with Crippen LogP contribution in [0.1, 0.15) is 76.5 Å². The van der Waals surface area contributed by atoms with Gasteiger partial charge in [-0.1, -0.05) is 76.4 Å². The minimum atomic E-state index is -3.65. The number of halogens is 2. The van der Waals surface area contributed by atoms with Gasteiger partial charge in [0, 0.05) is 32.1 Å². The molecule has 2 aliphatic heterocycles. The van der Waals surface area contributed by atoms with Gasteiger partial charge in [-0.05, 0) is 47.4 Å². The van der Waals surface area contributed by atoms with Gasteiger partial charge in [-0.25, -0.2) is 0 Å². The second-order valence-corrected chi connectivity index (χ2v) is 11.9. The molecule has 37 heavy (non-hydrogen) atoms. The first-order valence-electron chi connectivity index (χ1n) is 13.6. The van der Waals surface area contributed by atoms with Gasteiger partial charge < -0.3 is 14.4 Å². The van der Waals surface area contributed by atoms with Crippen LogP contribution in [0.4, 0.5) is 8.78 Å². The van der Waals surface area contributed by atoms with Gasteiger partial charge in [0.15, 0.2) is 11.5 Å². The number of benzene rings is 2. The van der Waals surface area contributed by atoms with Gasteiger partial charge in [0.2, 0.25) is 5.91 Å². The Bertz CT molecular complexity index is 1100. The van der Waals surface area contributed by atoms with Crippen molar-refractivity contribution in [2.75, 3.05) is 19.6 Å². The van der Waals surface area contributed by atoms with Crippen molar-refractivity contribution in [2.24, 2.45) is 11.3 Å². The van der Waals surface area contributed by atoms with E-state index >= 15 is 0 Å². The molecule has 0 radical (unpaired) electrons. The lowest BCUT2D eigenvalue weighted by Crippen LogP contribution is -2.60. The standard InChI is InChI=1S/C30H38F2N2O3/c1-29(2,3)26-20-33(16-17-34(26)27(35)18-21-10-6-4-7-11-21)28(22-12-8-5-9-13-22)23-14-15-24-25(19-23)37-30(31,32)36-24/h5,8-9,12-15,19,21,26,28H,4,6-7,10-11,16-18,20H2,1-3H3/t26-,28?/m1/s1. The Balaban J connectivity index is 1.42. The molecule has 2 heterocycles. The zero-order valence-corrected chi connectivity index (χ0v) is 22.1. The molecular weight excluding hydrogens is 474 g/mol. The fourth-order valence-corrected chi connectivity index (χ4v) is 6.22. The van der Waals surface area contributed by atoms with Gasteiger partial charge >= 0.3 is 6.29 Å². The summed E-state index contributed by atoms with van der Waals surface area (Å²) in [5.74, 6) is 0.875. The highest BCUT2D eigenvalue weighted by Gasteiger charge is 2.44. The zero-order valence-electron chi connectivity index (χ0n) is 22.1. The third kappa shape index (κ3) is 5.77. The first kappa shape index (κ1) is 26.0. The normalized spacial score (nSPS) is 23.2. The largest absolute Gasteiger partial charge is 0.586 e. The van der Waals surface area contributed by atoms with E-state index in [0.717, 1.165) is 24.0 Å². The minimum absolute atomic E-state index is 0.0434. The average molecular weight is 513 g/mol. The summed E-state index contributed by atoms with van der Waals surface area (Å²) in [4.78, 5) is 18.0. The maximum Gasteiger partial charge on any atom is 0.586 e. The highest BCUT2D eigenvalue weighted by atomic mass is 19.3. The fourth-order valence-electron chi connectivity index (χ4n) is 6.22. The molecule has 0 spiro atoms. The number of hydrogen-bond acceptors (Lipinski definition) is 4. The van der Waals surface area contributed by atoms with Crippen molar-refractivity contribution in [3.05, 3.63) is 59.7 Å². The molecule has 3 aliphatic rings. The van der Waals surface area contributed by atoms with E-state index in [-0.39, 0.29) is 34.9 Å². The number of ether oxygens (including phenoxy) is 2. The summed E-state index contributed by atoms with van der Waals surface area (Å²) in [6.45, 7) is 8.64. The summed E-state index contributed by atoms with van der Waals surface area (Å²) in [5.41, 5.74) is 1.82. The Hall–Kier alpha value is -2.67. The lowest BCUT2D eigenvalue weighted by molar-refractivity contribution is -0.286. The molecule has 1 amide bonds. The average Bonchev–Trinajstić information content (AvgIpc) is 3.18. The number of nitrogens with zero attached hydrogens (tertiary/aromatic N) is 2. The molecule has 0 bridgehead atoms. The highest BCUT2D eigenvalue weighted by molar-refractivity contribution is 5.77. The Morgan fingerprint density at radius 3 is 2.38 bits per heavy atom. The molecule has 200 valence electrons. The van der Waals surface area contributed by atoms with E-state index in [1.165, 1.54) is 19.3 Å². The van der Waals surface area contributed by atoms with Crippen molar-refractivity contribution in [2.45, 2.75) is 77.7 Å². The maximum atomic E-state index is 13.7. The topological polar surface area (TPSA) is 42.0 Å². The second kappa shape index (κ2) is 10.2. The number of hydrogen-bond donors (Lipinski definition) is 0. The van der Waals surface area contributed by atoms with Crippen LogP contribution in [0.3, 0.4) is 0 Å². The fraction of sp³-hybridized carbons (Fsp3) is 0.567. The number of carbonyl (C=O) groups excluding carboxylic acids is 1. The van der Waals surface area contributed by atoms with Gasteiger partial charge in [0.1, 0.15) is 0 Å². The summed E-state index contributed by atoms with van der Waals surface area (Å²) in [7, 11) is 0. The molecule has 2 fully saturated rings. The van der Waals surface area contributed by atoms with E-state index < -0.39 is 6.29 Å². The van der Waals surface area contributed by atoms with Crippen LogP contribution in [0.25, 0.3) is 0 Å². The number of piperazine rings is 1. The second-order valence-electron chi connectivity index (χ2n) is 11.9. The molecule has 1 saturated carbocycles. The van der Waals surface area contributed by atoms with Crippen LogP contribution in [-0.2, 0) is 4.79 Å². The van der Waals surface area contributed by atoms with E-state index in [1.54, 1.807) is 12.1 Å². The maximum absolute atomic E-state index is 13.7. The first-order chi connectivity index (χ1) is 17.6. The van der Waals surface area contributed by atoms with Crippen LogP contribution in [-0.4, -0.2) is 47.7 Å². The lowest BCUT2D eigenvalue weighted by atomic mass is 9.82. The SMILES string of the molecule is CC(C)(C)[C@H]1CN(C(c2ccccc2)c2ccc3c(c2)OC(F)(F)O3)CCN1C(=O)CC1CCCCC1. The molecule has 1 aliphatic carbocycles. The van der Waals surface area contributed by atoms with E-state index in [9.17, 15) is 13.6 Å². The van der Waals surface area contributed by atoms with Crippen LogP contribution >= 0.6 is 0 Å². The van der Waals surface area contributed by atoms with Crippen molar-refractivity contribution in [1.82, 2.24) is 9.80 Å². The molecule has 2 atom stereocenters. The zero-order chi connectivity index (χ0) is 26.2. The molecule has 2 aromatic carbocycles. The van der Waals surface area contributed by atoms with Crippen LogP contribution in [0.2, 0.25) is 0 Å². The molecule has 1 saturated heterocycles. The van der Waals surface area contributed by atoms with Crippen LogP contribution in [0.5, 0.6) is 11.5 Å². The quantitative estimate of drug-likeness (QED) is 0.451. The molecule has 5 rings (SSSR count). The Morgan fingerprint density at radius 2 is 1.68 bits per heavy atom. The molecule has 7 heteroatoms. The molecule has 5 nitrogen and oxygen atoms in total. The van der Waals surface area contributed by atoms with Crippen molar-refractivity contribution in [1.29, 1.82) is 0 Å². The first-order valence-corrected chi connectivity index (χ1v) is 13.6. The summed E-state index contributed by atoms with van der Waals surface area (Å²) in [6.07, 6.45) is 3.06. The van der Waals surface area contributed by atoms with Crippen molar-refractivity contribution >= 4 is 5.91 Å². The third-order valence-electron chi connectivity index (χ3n) is 8.14. The molecule has 2 aromatic rings. The summed E-state index contributed by atoms with van der Waals surface area (Å²) in [6, 6.07) is 15.0. The van der Waals surface area contributed by atoms with Gasteiger partial charge in [-0.2, -0.15) is 0 Å². The number of fused-ring (bicyclic) bond motifs is 1. The van der Waals surface area contributed by atoms with Crippen LogP contribution in [0, 0.1) is 11.3 Å². The summed E-state index contributed by atoms with van der Waals surface area (Å²) >= 11 is 0. The van der Waals surface area contributed by atoms with Crippen molar-refractivity contribution in [3.8, 4) is 11.5 Å². The predicted molar refractivity (Wildman–Crippen MR) is 139 cm³/mol. The van der Waals surface area contributed by atoms with Crippen molar-refractivity contribution in [3.63, 3.8) is 0 Å². The van der Waals surface area contributed by atoms with Gasteiger partial charge in [-0.3, -0.25) is 9.69 Å². The number of carbonyl (C=O) groups is 1. The monoisotopic (exact) mass is 512 g/mol. The van der Waals surface area contributed by atoms with Crippen molar-refractivity contribution < 1.29 is 23.0 Å². The smallest absolute Gasteiger partial charge is 0.395 e. The third-order valence-corrected chi connectivity index (χ3v) is 8.14. The van der Waals surface area contributed by atoms with Crippen LogP contribution in [0.15, 0.2) is 48.5 Å². The van der Waals surface area contributed by atoms with E-state index in [0.29, 0.717) is 32.0 Å². The Morgan fingerprint density at radius 1 is 0.973 bits per heavy atom. The molecule has 1 unspecified atom stereocenters. The number of alkyl halides is 2. The minimum Gasteiger partial charge on any atom is -0.395 e. The number of amides is 1. The van der Waals surface area contributed by atoms with E-state index in [1.807, 2.05) is 24.3 Å². The number of rotatable bonds is 5. The molecule has 0 N–H and O–H groups in total. The molecule has 0 aromatic heterocycles. The highest BCUT2D eigenvalue weighted by Crippen LogP contribution is 2.44. The molecular formula is C30H38F2N2O3. The Labute approximate surface area is 218 Å². The van der Waals surface area contributed by atoms with Gasteiger partial charge in [0.05, 0.1) is 6.04 Å². The van der Waals surface area contributed by atoms with E-state index in [2.05, 4.69) is 47.4 Å².